The van der Waals surface area contributed by atoms with E-state index in [9.17, 15) is 4.79 Å². The van der Waals surface area contributed by atoms with Crippen molar-refractivity contribution in [2.45, 2.75) is 33.2 Å². The molecule has 2 aromatic heterocycles. The molecular formula is C22H27N3O5. The molecule has 0 saturated carbocycles. The summed E-state index contributed by atoms with van der Waals surface area (Å²) in [5.74, 6) is 3.25. The highest BCUT2D eigenvalue weighted by atomic mass is 16.5. The molecule has 8 heteroatoms. The Balaban J connectivity index is 1.71. The molecular weight excluding hydrogens is 386 g/mol. The molecule has 0 saturated heterocycles. The number of nitrogens with zero attached hydrogens (tertiary/aromatic N) is 3. The number of carbonyl (C=O) groups is 1. The average molecular weight is 413 g/mol. The molecule has 0 aliphatic heterocycles. The van der Waals surface area contributed by atoms with Gasteiger partial charge in [-0.3, -0.25) is 4.79 Å². The molecule has 1 amide bonds. The van der Waals surface area contributed by atoms with Crippen LogP contribution in [-0.2, 0) is 17.8 Å². The van der Waals surface area contributed by atoms with E-state index in [1.54, 1.807) is 31.4 Å². The van der Waals surface area contributed by atoms with Crippen LogP contribution >= 0.6 is 0 Å². The molecule has 30 heavy (non-hydrogen) atoms. The van der Waals surface area contributed by atoms with E-state index in [2.05, 4.69) is 10.1 Å². The minimum atomic E-state index is 0.0682. The van der Waals surface area contributed by atoms with Crippen LogP contribution in [0.2, 0.25) is 0 Å². The first kappa shape index (κ1) is 21.4. The maximum Gasteiger partial charge on any atom is 0.228 e. The van der Waals surface area contributed by atoms with Gasteiger partial charge in [0, 0.05) is 31.0 Å². The molecule has 0 N–H and O–H groups in total. The SMILES string of the molecule is COc1cc(OC)cc(-c2noc(CCN(Cc3ccco3)C(=O)CC(C)C)n2)c1. The van der Waals surface area contributed by atoms with E-state index >= 15 is 0 Å². The number of hydrogen-bond acceptors (Lipinski definition) is 7. The zero-order valence-corrected chi connectivity index (χ0v) is 17.8. The lowest BCUT2D eigenvalue weighted by Gasteiger charge is -2.22. The summed E-state index contributed by atoms with van der Waals surface area (Å²) in [6, 6.07) is 9.07. The Hall–Kier alpha value is -3.29. The van der Waals surface area contributed by atoms with Crippen LogP contribution in [0.4, 0.5) is 0 Å². The van der Waals surface area contributed by atoms with Crippen LogP contribution in [0.1, 0.15) is 31.9 Å². The average Bonchev–Trinajstić information content (AvgIpc) is 3.42. The second-order valence-corrected chi connectivity index (χ2v) is 7.36. The van der Waals surface area contributed by atoms with Gasteiger partial charge in [-0.2, -0.15) is 4.98 Å². The van der Waals surface area contributed by atoms with Crippen LogP contribution < -0.4 is 9.47 Å². The van der Waals surface area contributed by atoms with Crippen molar-refractivity contribution in [2.75, 3.05) is 20.8 Å². The Morgan fingerprint density at radius 1 is 1.17 bits per heavy atom. The summed E-state index contributed by atoms with van der Waals surface area (Å²) in [7, 11) is 3.17. The summed E-state index contributed by atoms with van der Waals surface area (Å²) in [6.45, 7) is 4.91. The predicted molar refractivity (Wildman–Crippen MR) is 110 cm³/mol. The van der Waals surface area contributed by atoms with Gasteiger partial charge in [0.05, 0.1) is 27.0 Å². The van der Waals surface area contributed by atoms with E-state index in [0.29, 0.717) is 49.1 Å². The van der Waals surface area contributed by atoms with Crippen molar-refractivity contribution in [2.24, 2.45) is 5.92 Å². The van der Waals surface area contributed by atoms with E-state index < -0.39 is 0 Å². The van der Waals surface area contributed by atoms with Crippen LogP contribution in [-0.4, -0.2) is 41.7 Å². The topological polar surface area (TPSA) is 90.8 Å². The standard InChI is InChI=1S/C22H27N3O5/c1-15(2)10-21(26)25(14-17-6-5-9-29-17)8-7-20-23-22(24-30-20)16-11-18(27-3)13-19(12-16)28-4/h5-6,9,11-13,15H,7-8,10,14H2,1-4H3. The zero-order chi connectivity index (χ0) is 21.5. The van der Waals surface area contributed by atoms with Crippen molar-refractivity contribution in [3.63, 3.8) is 0 Å². The van der Waals surface area contributed by atoms with Crippen molar-refractivity contribution in [1.29, 1.82) is 0 Å². The van der Waals surface area contributed by atoms with Gasteiger partial charge in [-0.25, -0.2) is 0 Å². The zero-order valence-electron chi connectivity index (χ0n) is 17.8. The number of amides is 1. The molecule has 160 valence electrons. The summed E-state index contributed by atoms with van der Waals surface area (Å²) in [5.41, 5.74) is 0.726. The molecule has 3 rings (SSSR count). The summed E-state index contributed by atoms with van der Waals surface area (Å²) in [6.07, 6.45) is 2.52. The van der Waals surface area contributed by atoms with Gasteiger partial charge in [-0.15, -0.1) is 0 Å². The highest BCUT2D eigenvalue weighted by Gasteiger charge is 2.19. The Kier molecular flexibility index (Phi) is 7.11. The Labute approximate surface area is 175 Å². The van der Waals surface area contributed by atoms with Gasteiger partial charge < -0.3 is 23.3 Å². The fourth-order valence-electron chi connectivity index (χ4n) is 3.00. The monoisotopic (exact) mass is 413 g/mol. The molecule has 0 bridgehead atoms. The first-order chi connectivity index (χ1) is 14.5. The molecule has 8 nitrogen and oxygen atoms in total. The molecule has 0 atom stereocenters. The smallest absolute Gasteiger partial charge is 0.228 e. The van der Waals surface area contributed by atoms with Crippen molar-refractivity contribution >= 4 is 5.91 Å². The van der Waals surface area contributed by atoms with Crippen LogP contribution in [0, 0.1) is 5.92 Å². The number of carbonyl (C=O) groups excluding carboxylic acids is 1. The Morgan fingerprint density at radius 2 is 1.90 bits per heavy atom. The number of methoxy groups -OCH3 is 2. The maximum atomic E-state index is 12.7. The minimum absolute atomic E-state index is 0.0682. The molecule has 0 unspecified atom stereocenters. The van der Waals surface area contributed by atoms with Gasteiger partial charge in [-0.1, -0.05) is 19.0 Å². The quantitative estimate of drug-likeness (QED) is 0.497. The molecule has 3 aromatic rings. The second kappa shape index (κ2) is 9.96. The van der Waals surface area contributed by atoms with E-state index in [0.717, 1.165) is 11.3 Å². The summed E-state index contributed by atoms with van der Waals surface area (Å²) in [5, 5.41) is 4.06. The van der Waals surface area contributed by atoms with E-state index in [1.165, 1.54) is 0 Å². The van der Waals surface area contributed by atoms with Gasteiger partial charge in [0.1, 0.15) is 17.3 Å². The van der Waals surface area contributed by atoms with Crippen LogP contribution in [0.3, 0.4) is 0 Å². The molecule has 2 heterocycles. The number of aromatic nitrogens is 2. The first-order valence-electron chi connectivity index (χ1n) is 9.84. The highest BCUT2D eigenvalue weighted by Crippen LogP contribution is 2.28. The maximum absolute atomic E-state index is 12.7. The van der Waals surface area contributed by atoms with Crippen LogP contribution in [0.25, 0.3) is 11.4 Å². The van der Waals surface area contributed by atoms with Crippen molar-refractivity contribution < 1.29 is 23.2 Å². The minimum Gasteiger partial charge on any atom is -0.497 e. The molecule has 1 aromatic carbocycles. The van der Waals surface area contributed by atoms with E-state index in [4.69, 9.17) is 18.4 Å². The number of hydrogen-bond donors (Lipinski definition) is 0. The molecule has 0 spiro atoms. The Bertz CT molecular complexity index is 927. The van der Waals surface area contributed by atoms with Crippen molar-refractivity contribution in [3.8, 4) is 22.9 Å². The summed E-state index contributed by atoms with van der Waals surface area (Å²) in [4.78, 5) is 18.9. The number of benzene rings is 1. The third kappa shape index (κ3) is 5.62. The summed E-state index contributed by atoms with van der Waals surface area (Å²) < 4.78 is 21.4. The molecule has 0 aliphatic rings. The lowest BCUT2D eigenvalue weighted by atomic mass is 10.1. The number of rotatable bonds is 10. The fourth-order valence-corrected chi connectivity index (χ4v) is 3.00. The van der Waals surface area contributed by atoms with Gasteiger partial charge >= 0.3 is 0 Å². The molecule has 0 aliphatic carbocycles. The fraction of sp³-hybridized carbons (Fsp3) is 0.409. The lowest BCUT2D eigenvalue weighted by molar-refractivity contribution is -0.132. The first-order valence-corrected chi connectivity index (χ1v) is 9.84. The van der Waals surface area contributed by atoms with Crippen molar-refractivity contribution in [3.05, 3.63) is 48.2 Å². The second-order valence-electron chi connectivity index (χ2n) is 7.36. The number of ether oxygens (including phenoxy) is 2. The largest absolute Gasteiger partial charge is 0.497 e. The van der Waals surface area contributed by atoms with E-state index in [1.807, 2.05) is 38.1 Å². The third-order valence-corrected chi connectivity index (χ3v) is 4.54. The lowest BCUT2D eigenvalue weighted by Crippen LogP contribution is -2.33. The van der Waals surface area contributed by atoms with Crippen molar-refractivity contribution in [1.82, 2.24) is 15.0 Å². The van der Waals surface area contributed by atoms with Gasteiger partial charge in [0.15, 0.2) is 0 Å². The summed E-state index contributed by atoms with van der Waals surface area (Å²) >= 11 is 0. The molecule has 0 fully saturated rings. The third-order valence-electron chi connectivity index (χ3n) is 4.54. The predicted octanol–water partition coefficient (Wildman–Crippen LogP) is 3.96. The normalized spacial score (nSPS) is 11.0. The van der Waals surface area contributed by atoms with E-state index in [-0.39, 0.29) is 11.8 Å². The van der Waals surface area contributed by atoms with Gasteiger partial charge in [-0.05, 0) is 30.2 Å². The molecule has 0 radical (unpaired) electrons. The highest BCUT2D eigenvalue weighted by molar-refractivity contribution is 5.76. The van der Waals surface area contributed by atoms with Gasteiger partial charge in [0.25, 0.3) is 0 Å². The number of furan rings is 1. The Morgan fingerprint density at radius 3 is 2.50 bits per heavy atom. The van der Waals surface area contributed by atoms with Crippen LogP contribution in [0.15, 0.2) is 45.5 Å². The van der Waals surface area contributed by atoms with Crippen LogP contribution in [0.5, 0.6) is 11.5 Å². The van der Waals surface area contributed by atoms with Gasteiger partial charge in [0.2, 0.25) is 17.6 Å².